The van der Waals surface area contributed by atoms with Crippen LogP contribution in [0.25, 0.3) is 0 Å². The molecule has 0 saturated heterocycles. The molecular formula is C27H23Br2FN4O2S2. The van der Waals surface area contributed by atoms with Gasteiger partial charge < -0.3 is 10.6 Å². The topological polar surface area (TPSA) is 74.3 Å². The molecule has 0 amide bonds. The number of hydrogen-bond donors (Lipinski definition) is 2. The Labute approximate surface area is 243 Å². The zero-order valence-electron chi connectivity index (χ0n) is 19.9. The molecular weight excluding hydrogens is 655 g/mol. The van der Waals surface area contributed by atoms with Crippen LogP contribution in [0.15, 0.2) is 105 Å². The molecule has 0 aliphatic carbocycles. The van der Waals surface area contributed by atoms with Gasteiger partial charge in [-0.05, 0) is 95.6 Å². The minimum atomic E-state index is -3.91. The second-order valence-corrected chi connectivity index (χ2v) is 12.4. The van der Waals surface area contributed by atoms with Crippen molar-refractivity contribution in [3.05, 3.63) is 123 Å². The smallest absolute Gasteiger partial charge is 0.243 e. The highest BCUT2D eigenvalue weighted by Gasteiger charge is 2.26. The second-order valence-electron chi connectivity index (χ2n) is 8.32. The van der Waals surface area contributed by atoms with Gasteiger partial charge in [0.2, 0.25) is 10.0 Å². The van der Waals surface area contributed by atoms with Gasteiger partial charge in [0.1, 0.15) is 5.82 Å². The number of benzene rings is 3. The molecule has 196 valence electrons. The van der Waals surface area contributed by atoms with Crippen LogP contribution in [0.5, 0.6) is 0 Å². The van der Waals surface area contributed by atoms with Crippen LogP contribution in [0.2, 0.25) is 0 Å². The summed E-state index contributed by atoms with van der Waals surface area (Å²) in [7, 11) is -3.91. The molecule has 1 aromatic heterocycles. The summed E-state index contributed by atoms with van der Waals surface area (Å²) in [5.74, 6) is -0.380. The summed E-state index contributed by atoms with van der Waals surface area (Å²) in [4.78, 5) is 4.12. The first-order valence-electron chi connectivity index (χ1n) is 11.4. The van der Waals surface area contributed by atoms with Crippen LogP contribution in [-0.4, -0.2) is 22.8 Å². The molecule has 0 bridgehead atoms. The Hall–Kier alpha value is -2.70. The molecule has 11 heteroatoms. The zero-order valence-corrected chi connectivity index (χ0v) is 24.7. The number of thiocarbonyl (C=S) groups is 1. The van der Waals surface area contributed by atoms with Crippen LogP contribution in [0.4, 0.5) is 10.1 Å². The number of nitrogens with zero attached hydrogens (tertiary/aromatic N) is 2. The van der Waals surface area contributed by atoms with Gasteiger partial charge in [0.15, 0.2) is 5.11 Å². The Morgan fingerprint density at radius 1 is 0.895 bits per heavy atom. The van der Waals surface area contributed by atoms with E-state index in [1.165, 1.54) is 28.6 Å². The second kappa shape index (κ2) is 12.9. The van der Waals surface area contributed by atoms with Crippen LogP contribution in [0.1, 0.15) is 16.7 Å². The standard InChI is InChI=1S/C27H23Br2FN4O2S2/c28-22-3-10-26(29)21(15-22)18-34(17-20-1-4-23(30)5-2-20)38(35,36)25-8-6-24(7-9-25)33-27(37)32-16-19-11-13-31-14-12-19/h1-15H,16-18H2,(H2,32,33,37). The number of rotatable bonds is 9. The Morgan fingerprint density at radius 3 is 2.26 bits per heavy atom. The molecule has 0 spiro atoms. The fraction of sp³-hybridized carbons (Fsp3) is 0.111. The zero-order chi connectivity index (χ0) is 27.1. The molecule has 0 saturated carbocycles. The quantitative estimate of drug-likeness (QED) is 0.194. The van der Waals surface area contributed by atoms with Crippen molar-refractivity contribution in [1.82, 2.24) is 14.6 Å². The first-order chi connectivity index (χ1) is 18.2. The molecule has 3 aromatic carbocycles. The molecule has 0 aliphatic heterocycles. The Balaban J connectivity index is 1.52. The van der Waals surface area contributed by atoms with E-state index in [0.29, 0.717) is 22.9 Å². The van der Waals surface area contributed by atoms with Crippen LogP contribution in [0, 0.1) is 5.82 Å². The summed E-state index contributed by atoms with van der Waals surface area (Å²) in [6, 6.07) is 21.6. The largest absolute Gasteiger partial charge is 0.358 e. The maximum Gasteiger partial charge on any atom is 0.243 e. The molecule has 0 atom stereocenters. The lowest BCUT2D eigenvalue weighted by molar-refractivity contribution is 0.400. The van der Waals surface area contributed by atoms with Gasteiger partial charge in [-0.2, -0.15) is 4.31 Å². The molecule has 0 aliphatic rings. The number of pyridine rings is 1. The summed E-state index contributed by atoms with van der Waals surface area (Å²) in [6.45, 7) is 0.720. The lowest BCUT2D eigenvalue weighted by Crippen LogP contribution is -2.30. The Bertz CT molecular complexity index is 1500. The third-order valence-electron chi connectivity index (χ3n) is 5.58. The first kappa shape index (κ1) is 28.3. The van der Waals surface area contributed by atoms with Gasteiger partial charge >= 0.3 is 0 Å². The predicted molar refractivity (Wildman–Crippen MR) is 158 cm³/mol. The van der Waals surface area contributed by atoms with Gasteiger partial charge in [0, 0.05) is 46.7 Å². The Morgan fingerprint density at radius 2 is 1.58 bits per heavy atom. The molecule has 4 aromatic rings. The molecule has 6 nitrogen and oxygen atoms in total. The maximum absolute atomic E-state index is 13.8. The SMILES string of the molecule is O=S(=O)(c1ccc(NC(=S)NCc2ccncc2)cc1)N(Cc1ccc(F)cc1)Cc1cc(Br)ccc1Br. The number of anilines is 1. The molecule has 0 fully saturated rings. The van der Waals surface area contributed by atoms with Crippen molar-refractivity contribution in [1.29, 1.82) is 0 Å². The highest BCUT2D eigenvalue weighted by Crippen LogP contribution is 2.27. The number of nitrogens with one attached hydrogen (secondary N) is 2. The van der Waals surface area contributed by atoms with Crippen molar-refractivity contribution in [3.8, 4) is 0 Å². The van der Waals surface area contributed by atoms with Gasteiger partial charge in [0.05, 0.1) is 4.90 Å². The molecule has 0 unspecified atom stereocenters. The lowest BCUT2D eigenvalue weighted by atomic mass is 10.2. The summed E-state index contributed by atoms with van der Waals surface area (Å²) < 4.78 is 44.0. The van der Waals surface area contributed by atoms with E-state index < -0.39 is 10.0 Å². The monoisotopic (exact) mass is 676 g/mol. The fourth-order valence-electron chi connectivity index (χ4n) is 3.59. The van der Waals surface area contributed by atoms with Crippen molar-refractivity contribution in [2.75, 3.05) is 5.32 Å². The van der Waals surface area contributed by atoms with Gasteiger partial charge in [-0.1, -0.05) is 44.0 Å². The van der Waals surface area contributed by atoms with Crippen molar-refractivity contribution in [2.24, 2.45) is 0 Å². The van der Waals surface area contributed by atoms with Crippen molar-refractivity contribution in [2.45, 2.75) is 24.5 Å². The molecule has 2 N–H and O–H groups in total. The van der Waals surface area contributed by atoms with Gasteiger partial charge in [-0.25, -0.2) is 12.8 Å². The van der Waals surface area contributed by atoms with Gasteiger partial charge in [-0.15, -0.1) is 0 Å². The van der Waals surface area contributed by atoms with Gasteiger partial charge in [-0.3, -0.25) is 4.98 Å². The summed E-state index contributed by atoms with van der Waals surface area (Å²) in [6.07, 6.45) is 3.42. The predicted octanol–water partition coefficient (Wildman–Crippen LogP) is 6.62. The molecule has 0 radical (unpaired) electrons. The summed E-state index contributed by atoms with van der Waals surface area (Å²) in [5.41, 5.74) is 3.14. The van der Waals surface area contributed by atoms with Crippen LogP contribution < -0.4 is 10.6 Å². The maximum atomic E-state index is 13.8. The molecule has 4 rings (SSSR count). The third-order valence-corrected chi connectivity index (χ3v) is 8.90. The molecule has 38 heavy (non-hydrogen) atoms. The summed E-state index contributed by atoms with van der Waals surface area (Å²) in [5, 5.41) is 6.59. The van der Waals surface area contributed by atoms with Crippen LogP contribution in [0.3, 0.4) is 0 Å². The van der Waals surface area contributed by atoms with E-state index in [9.17, 15) is 12.8 Å². The Kier molecular flexibility index (Phi) is 9.61. The first-order valence-corrected chi connectivity index (χ1v) is 14.9. The average Bonchev–Trinajstić information content (AvgIpc) is 2.91. The van der Waals surface area contributed by atoms with Crippen molar-refractivity contribution in [3.63, 3.8) is 0 Å². The minimum Gasteiger partial charge on any atom is -0.358 e. The number of halogens is 3. The molecule has 1 heterocycles. The lowest BCUT2D eigenvalue weighted by Gasteiger charge is -2.23. The fourth-order valence-corrected chi connectivity index (χ4v) is 5.97. The van der Waals surface area contributed by atoms with E-state index >= 15 is 0 Å². The van der Waals surface area contributed by atoms with E-state index in [4.69, 9.17) is 12.2 Å². The van der Waals surface area contributed by atoms with Gasteiger partial charge in [0.25, 0.3) is 0 Å². The highest BCUT2D eigenvalue weighted by atomic mass is 79.9. The normalized spacial score (nSPS) is 11.4. The van der Waals surface area contributed by atoms with Crippen LogP contribution in [-0.2, 0) is 29.7 Å². The average molecular weight is 678 g/mol. The highest BCUT2D eigenvalue weighted by molar-refractivity contribution is 9.11. The number of aromatic nitrogens is 1. The van der Waals surface area contributed by atoms with Crippen molar-refractivity contribution >= 4 is 64.9 Å². The number of hydrogen-bond acceptors (Lipinski definition) is 4. The van der Waals surface area contributed by atoms with E-state index in [-0.39, 0.29) is 23.8 Å². The minimum absolute atomic E-state index is 0.0740. The third kappa shape index (κ3) is 7.67. The van der Waals surface area contributed by atoms with E-state index in [1.54, 1.807) is 36.7 Å². The summed E-state index contributed by atoms with van der Waals surface area (Å²) >= 11 is 12.3. The number of sulfonamides is 1. The van der Waals surface area contributed by atoms with E-state index in [2.05, 4.69) is 47.5 Å². The van der Waals surface area contributed by atoms with E-state index in [1.807, 2.05) is 30.3 Å². The van der Waals surface area contributed by atoms with E-state index in [0.717, 1.165) is 20.1 Å². The van der Waals surface area contributed by atoms with Crippen LogP contribution >= 0.6 is 44.1 Å². The van der Waals surface area contributed by atoms with Crippen molar-refractivity contribution < 1.29 is 12.8 Å².